The SMILES string of the molecule is CCCc1c(Cc2ccc(-c3ccccc3C#N)cc2)c(=O)n(C2CCC(Oc3ccc(O[Si](C)(C)C(C)(C)C)cc3)CC2)c2ncnn12. The van der Waals surface area contributed by atoms with Crippen LogP contribution in [-0.4, -0.2) is 33.6 Å². The van der Waals surface area contributed by atoms with Gasteiger partial charge in [-0.15, -0.1) is 0 Å². The Hall–Kier alpha value is -4.68. The third-order valence-corrected chi connectivity index (χ3v) is 14.7. The molecule has 254 valence electrons. The lowest BCUT2D eigenvalue weighted by Gasteiger charge is -2.36. The van der Waals surface area contributed by atoms with Gasteiger partial charge in [0.25, 0.3) is 5.56 Å². The molecule has 1 saturated carbocycles. The molecule has 5 aromatic rings. The highest BCUT2D eigenvalue weighted by atomic mass is 28.4. The summed E-state index contributed by atoms with van der Waals surface area (Å²) < 4.78 is 16.6. The number of hydrogen-bond donors (Lipinski definition) is 0. The lowest BCUT2D eigenvalue weighted by atomic mass is 9.92. The summed E-state index contributed by atoms with van der Waals surface area (Å²) in [7, 11) is -1.91. The van der Waals surface area contributed by atoms with Crippen LogP contribution >= 0.6 is 0 Å². The molecule has 0 aliphatic heterocycles. The highest BCUT2D eigenvalue weighted by Gasteiger charge is 2.39. The average molecular weight is 674 g/mol. The van der Waals surface area contributed by atoms with Crippen molar-refractivity contribution in [2.45, 2.75) is 103 Å². The van der Waals surface area contributed by atoms with Gasteiger partial charge in [-0.25, -0.2) is 4.52 Å². The highest BCUT2D eigenvalue weighted by Crippen LogP contribution is 2.38. The summed E-state index contributed by atoms with van der Waals surface area (Å²) >= 11 is 0. The molecular weight excluding hydrogens is 627 g/mol. The van der Waals surface area contributed by atoms with E-state index in [1.165, 1.54) is 0 Å². The summed E-state index contributed by atoms with van der Waals surface area (Å²) in [6, 6.07) is 26.1. The molecule has 0 spiro atoms. The zero-order valence-electron chi connectivity index (χ0n) is 29.6. The smallest absolute Gasteiger partial charge is 0.259 e. The van der Waals surface area contributed by atoms with Crippen molar-refractivity contribution in [1.29, 1.82) is 5.26 Å². The number of nitriles is 1. The number of nitrogens with zero attached hydrogens (tertiary/aromatic N) is 5. The Kier molecular flexibility index (Phi) is 9.80. The quantitative estimate of drug-likeness (QED) is 0.137. The maximum Gasteiger partial charge on any atom is 0.259 e. The second-order valence-corrected chi connectivity index (χ2v) is 19.5. The molecule has 1 fully saturated rings. The van der Waals surface area contributed by atoms with Crippen molar-refractivity contribution in [2.24, 2.45) is 0 Å². The molecule has 0 atom stereocenters. The Morgan fingerprint density at radius 2 is 1.61 bits per heavy atom. The lowest BCUT2D eigenvalue weighted by Crippen LogP contribution is -2.43. The third-order valence-electron chi connectivity index (χ3n) is 10.3. The molecule has 2 heterocycles. The molecule has 3 aromatic carbocycles. The van der Waals surface area contributed by atoms with Crippen LogP contribution in [0, 0.1) is 11.3 Å². The topological polar surface area (TPSA) is 94.4 Å². The van der Waals surface area contributed by atoms with Crippen LogP contribution in [0.1, 0.15) is 88.2 Å². The standard InChI is InChI=1S/C40H47N5O3Si/c1-7-10-37-36(25-28-13-15-29(16-14-28)35-12-9-8-11-30(35)26-41)38(46)44(39-42-27-43-45(37)39)31-17-19-32(20-18-31)47-33-21-23-34(24-22-33)48-49(5,6)40(2,3)4/h8-9,11-16,21-24,27,31-32H,7,10,17-20,25H2,1-6H3. The first-order valence-corrected chi connectivity index (χ1v) is 20.4. The molecule has 1 aliphatic rings. The van der Waals surface area contributed by atoms with Crippen molar-refractivity contribution < 1.29 is 9.16 Å². The number of rotatable bonds is 10. The first-order valence-electron chi connectivity index (χ1n) is 17.5. The molecule has 0 radical (unpaired) electrons. The van der Waals surface area contributed by atoms with Crippen molar-refractivity contribution in [3.63, 3.8) is 0 Å². The molecule has 0 bridgehead atoms. The van der Waals surface area contributed by atoms with Gasteiger partial charge in [0.1, 0.15) is 17.8 Å². The van der Waals surface area contributed by atoms with Gasteiger partial charge >= 0.3 is 0 Å². The molecule has 1 aliphatic carbocycles. The number of aryl methyl sites for hydroxylation is 1. The van der Waals surface area contributed by atoms with Crippen molar-refractivity contribution in [1.82, 2.24) is 19.2 Å². The maximum absolute atomic E-state index is 14.4. The predicted molar refractivity (Wildman–Crippen MR) is 197 cm³/mol. The molecule has 49 heavy (non-hydrogen) atoms. The molecule has 0 N–H and O–H groups in total. The fraction of sp³-hybridized carbons (Fsp3) is 0.400. The normalized spacial score (nSPS) is 16.8. The van der Waals surface area contributed by atoms with E-state index >= 15 is 0 Å². The van der Waals surface area contributed by atoms with Crippen LogP contribution in [0.3, 0.4) is 0 Å². The summed E-state index contributed by atoms with van der Waals surface area (Å²) in [5.41, 5.74) is 5.28. The summed E-state index contributed by atoms with van der Waals surface area (Å²) in [5.74, 6) is 2.35. The molecule has 0 saturated heterocycles. The van der Waals surface area contributed by atoms with Gasteiger partial charge in [0.15, 0.2) is 0 Å². The van der Waals surface area contributed by atoms with Crippen LogP contribution in [0.25, 0.3) is 16.9 Å². The third kappa shape index (κ3) is 7.20. The summed E-state index contributed by atoms with van der Waals surface area (Å²) in [5, 5.41) is 14.3. The Labute approximate surface area is 290 Å². The second-order valence-electron chi connectivity index (χ2n) is 14.7. The van der Waals surface area contributed by atoms with E-state index in [2.05, 4.69) is 69.1 Å². The van der Waals surface area contributed by atoms with Crippen LogP contribution in [0.15, 0.2) is 83.9 Å². The van der Waals surface area contributed by atoms with E-state index in [0.29, 0.717) is 17.8 Å². The minimum Gasteiger partial charge on any atom is -0.543 e. The van der Waals surface area contributed by atoms with Crippen molar-refractivity contribution in [3.8, 4) is 28.7 Å². The number of fused-ring (bicyclic) bond motifs is 1. The van der Waals surface area contributed by atoms with Gasteiger partial charge in [-0.1, -0.05) is 76.6 Å². The van der Waals surface area contributed by atoms with Crippen LogP contribution in [0.5, 0.6) is 11.5 Å². The van der Waals surface area contributed by atoms with Crippen molar-refractivity contribution in [2.75, 3.05) is 0 Å². The lowest BCUT2D eigenvalue weighted by molar-refractivity contribution is 0.132. The van der Waals surface area contributed by atoms with Gasteiger partial charge in [-0.05, 0) is 97.3 Å². The number of hydrogen-bond acceptors (Lipinski definition) is 6. The summed E-state index contributed by atoms with van der Waals surface area (Å²) in [6.45, 7) is 13.4. The Morgan fingerprint density at radius 1 is 0.939 bits per heavy atom. The second kappa shape index (κ2) is 14.0. The number of benzene rings is 3. The van der Waals surface area contributed by atoms with Gasteiger partial charge in [-0.3, -0.25) is 9.36 Å². The van der Waals surface area contributed by atoms with Crippen LogP contribution in [0.4, 0.5) is 0 Å². The average Bonchev–Trinajstić information content (AvgIpc) is 3.57. The largest absolute Gasteiger partial charge is 0.543 e. The van der Waals surface area contributed by atoms with Crippen molar-refractivity contribution in [3.05, 3.63) is 112 Å². The van der Waals surface area contributed by atoms with E-state index in [9.17, 15) is 10.1 Å². The minimum absolute atomic E-state index is 0.0127. The Morgan fingerprint density at radius 3 is 2.27 bits per heavy atom. The fourth-order valence-corrected chi connectivity index (χ4v) is 7.60. The Bertz CT molecular complexity index is 2010. The molecule has 2 aromatic heterocycles. The van der Waals surface area contributed by atoms with E-state index in [1.807, 2.05) is 69.7 Å². The number of aromatic nitrogens is 4. The number of ether oxygens (including phenoxy) is 1. The van der Waals surface area contributed by atoms with Crippen molar-refractivity contribution >= 4 is 14.1 Å². The zero-order valence-corrected chi connectivity index (χ0v) is 30.6. The fourth-order valence-electron chi connectivity index (χ4n) is 6.56. The van der Waals surface area contributed by atoms with Gasteiger partial charge in [0.2, 0.25) is 14.1 Å². The van der Waals surface area contributed by atoms with Gasteiger partial charge < -0.3 is 9.16 Å². The summed E-state index contributed by atoms with van der Waals surface area (Å²) in [6.07, 6.45) is 7.09. The minimum atomic E-state index is -1.91. The Balaban J connectivity index is 1.20. The molecule has 0 unspecified atom stereocenters. The molecule has 9 heteroatoms. The van der Waals surface area contributed by atoms with Gasteiger partial charge in [0, 0.05) is 18.0 Å². The van der Waals surface area contributed by atoms with E-state index in [4.69, 9.17) is 9.16 Å². The first kappa shape index (κ1) is 34.2. The van der Waals surface area contributed by atoms with Gasteiger partial charge in [0.05, 0.1) is 23.4 Å². The molecule has 0 amide bonds. The van der Waals surface area contributed by atoms with Crippen LogP contribution < -0.4 is 14.7 Å². The molecule has 8 nitrogen and oxygen atoms in total. The monoisotopic (exact) mass is 673 g/mol. The van der Waals surface area contributed by atoms with E-state index in [1.54, 1.807) is 6.33 Å². The molecular formula is C40H47N5O3Si. The van der Waals surface area contributed by atoms with Gasteiger partial charge in [-0.2, -0.15) is 15.3 Å². The van der Waals surface area contributed by atoms with E-state index < -0.39 is 8.32 Å². The summed E-state index contributed by atoms with van der Waals surface area (Å²) in [4.78, 5) is 19.0. The van der Waals surface area contributed by atoms with E-state index in [0.717, 1.165) is 78.0 Å². The predicted octanol–water partition coefficient (Wildman–Crippen LogP) is 8.92. The highest BCUT2D eigenvalue weighted by molar-refractivity contribution is 6.74. The first-order chi connectivity index (χ1) is 23.5. The van der Waals surface area contributed by atoms with Crippen LogP contribution in [0.2, 0.25) is 18.1 Å². The zero-order chi connectivity index (χ0) is 34.8. The van der Waals surface area contributed by atoms with E-state index in [-0.39, 0.29) is 22.7 Å². The maximum atomic E-state index is 14.4. The van der Waals surface area contributed by atoms with Crippen LogP contribution in [-0.2, 0) is 12.8 Å². The molecule has 6 rings (SSSR count).